The van der Waals surface area contributed by atoms with Crippen LogP contribution in [0.2, 0.25) is 0 Å². The molecule has 0 saturated heterocycles. The molecule has 1 nitrogen and oxygen atoms in total. The highest BCUT2D eigenvalue weighted by Gasteiger charge is 2.08. The summed E-state index contributed by atoms with van der Waals surface area (Å²) in [6.07, 6.45) is 6.40. The summed E-state index contributed by atoms with van der Waals surface area (Å²) in [4.78, 5) is 4.59. The second-order valence-electron chi connectivity index (χ2n) is 3.19. The van der Waals surface area contributed by atoms with E-state index in [2.05, 4.69) is 18.8 Å². The van der Waals surface area contributed by atoms with Crippen LogP contribution in [0.15, 0.2) is 4.99 Å². The Balaban J connectivity index is 2.41. The van der Waals surface area contributed by atoms with Crippen LogP contribution in [0.4, 0.5) is 0 Å². The molecule has 0 radical (unpaired) electrons. The van der Waals surface area contributed by atoms with Crippen molar-refractivity contribution < 1.29 is 0 Å². The van der Waals surface area contributed by atoms with Crippen LogP contribution >= 0.6 is 0 Å². The minimum atomic E-state index is 0.607. The van der Waals surface area contributed by atoms with Gasteiger partial charge in [-0.2, -0.15) is 0 Å². The summed E-state index contributed by atoms with van der Waals surface area (Å²) in [7, 11) is 0. The molecule has 0 N–H and O–H groups in total. The zero-order valence-electron chi connectivity index (χ0n) is 7.06. The Labute approximate surface area is 63.5 Å². The zero-order valence-corrected chi connectivity index (χ0v) is 7.06. The Kier molecular flexibility index (Phi) is 2.91. The summed E-state index contributed by atoms with van der Waals surface area (Å²) in [5, 5.41) is 0. The average molecular weight is 139 g/mol. The Morgan fingerprint density at radius 2 is 2.40 bits per heavy atom. The van der Waals surface area contributed by atoms with E-state index in [-0.39, 0.29) is 0 Å². The van der Waals surface area contributed by atoms with Crippen LogP contribution in [-0.2, 0) is 0 Å². The van der Waals surface area contributed by atoms with Crippen molar-refractivity contribution in [1.82, 2.24) is 0 Å². The number of nitrogens with zero attached hydrogens (tertiary/aromatic N) is 1. The van der Waals surface area contributed by atoms with E-state index in [9.17, 15) is 0 Å². The SMILES string of the molecule is CCCC1=N[C@H](C)CCC1. The van der Waals surface area contributed by atoms with Crippen molar-refractivity contribution in [3.8, 4) is 0 Å². The molecule has 0 aromatic rings. The molecule has 1 aliphatic heterocycles. The summed E-state index contributed by atoms with van der Waals surface area (Å²) < 4.78 is 0. The van der Waals surface area contributed by atoms with Gasteiger partial charge in [0.2, 0.25) is 0 Å². The maximum absolute atomic E-state index is 4.59. The largest absolute Gasteiger partial charge is 0.291 e. The third kappa shape index (κ3) is 2.13. The molecule has 0 fully saturated rings. The van der Waals surface area contributed by atoms with Gasteiger partial charge in [-0.25, -0.2) is 0 Å². The molecule has 0 aromatic heterocycles. The van der Waals surface area contributed by atoms with E-state index in [1.54, 1.807) is 0 Å². The van der Waals surface area contributed by atoms with Gasteiger partial charge in [0.15, 0.2) is 0 Å². The second-order valence-corrected chi connectivity index (χ2v) is 3.19. The number of hydrogen-bond acceptors (Lipinski definition) is 1. The van der Waals surface area contributed by atoms with Crippen molar-refractivity contribution in [3.05, 3.63) is 0 Å². The lowest BCUT2D eigenvalue weighted by molar-refractivity contribution is 0.602. The van der Waals surface area contributed by atoms with Crippen LogP contribution in [0, 0.1) is 0 Å². The van der Waals surface area contributed by atoms with Crippen LogP contribution in [0.5, 0.6) is 0 Å². The Hall–Kier alpha value is -0.330. The van der Waals surface area contributed by atoms with Gasteiger partial charge in [0.05, 0.1) is 0 Å². The standard InChI is InChI=1S/C9H17N/c1-3-5-9-7-4-6-8(2)10-9/h8H,3-7H2,1-2H3/t8-/m1/s1. The lowest BCUT2D eigenvalue weighted by Crippen LogP contribution is -2.11. The first-order chi connectivity index (χ1) is 4.83. The van der Waals surface area contributed by atoms with Gasteiger partial charge in [0, 0.05) is 11.8 Å². The lowest BCUT2D eigenvalue weighted by atomic mass is 10.0. The van der Waals surface area contributed by atoms with E-state index in [0.29, 0.717) is 6.04 Å². The minimum absolute atomic E-state index is 0.607. The lowest BCUT2D eigenvalue weighted by Gasteiger charge is -2.16. The predicted octanol–water partition coefficient (Wildman–Crippen LogP) is 2.80. The van der Waals surface area contributed by atoms with Gasteiger partial charge < -0.3 is 0 Å². The summed E-state index contributed by atoms with van der Waals surface area (Å²) in [6, 6.07) is 0.607. The highest BCUT2D eigenvalue weighted by Crippen LogP contribution is 2.15. The highest BCUT2D eigenvalue weighted by molar-refractivity contribution is 5.85. The monoisotopic (exact) mass is 139 g/mol. The van der Waals surface area contributed by atoms with Crippen LogP contribution in [0.3, 0.4) is 0 Å². The molecule has 58 valence electrons. The van der Waals surface area contributed by atoms with Gasteiger partial charge in [0.1, 0.15) is 0 Å². The highest BCUT2D eigenvalue weighted by atomic mass is 14.8. The van der Waals surface area contributed by atoms with Gasteiger partial charge in [-0.15, -0.1) is 0 Å². The molecular weight excluding hydrogens is 122 g/mol. The molecule has 10 heavy (non-hydrogen) atoms. The molecular formula is C9H17N. The quantitative estimate of drug-likeness (QED) is 0.558. The summed E-state index contributed by atoms with van der Waals surface area (Å²) in [6.45, 7) is 4.44. The van der Waals surface area contributed by atoms with Crippen LogP contribution in [-0.4, -0.2) is 11.8 Å². The first-order valence-electron chi connectivity index (χ1n) is 4.38. The zero-order chi connectivity index (χ0) is 7.40. The van der Waals surface area contributed by atoms with Gasteiger partial charge in [-0.1, -0.05) is 13.3 Å². The van der Waals surface area contributed by atoms with Crippen LogP contribution in [0.25, 0.3) is 0 Å². The van der Waals surface area contributed by atoms with Gasteiger partial charge in [-0.3, -0.25) is 4.99 Å². The summed E-state index contributed by atoms with van der Waals surface area (Å²) >= 11 is 0. The molecule has 0 amide bonds. The van der Waals surface area contributed by atoms with Gasteiger partial charge in [-0.05, 0) is 32.6 Å². The maximum atomic E-state index is 4.59. The Morgan fingerprint density at radius 3 is 3.00 bits per heavy atom. The van der Waals surface area contributed by atoms with E-state index in [4.69, 9.17) is 0 Å². The fourth-order valence-corrected chi connectivity index (χ4v) is 1.52. The molecule has 1 heterocycles. The molecule has 1 rings (SSSR count). The van der Waals surface area contributed by atoms with E-state index in [1.165, 1.54) is 37.8 Å². The molecule has 1 aliphatic rings. The maximum Gasteiger partial charge on any atom is 0.0470 e. The normalized spacial score (nSPS) is 26.2. The average Bonchev–Trinajstić information content (AvgIpc) is 1.88. The number of aliphatic imine (C=N–C) groups is 1. The number of hydrogen-bond donors (Lipinski definition) is 0. The Bertz CT molecular complexity index is 127. The second kappa shape index (κ2) is 3.75. The molecule has 0 bridgehead atoms. The van der Waals surface area contributed by atoms with Crippen molar-refractivity contribution in [1.29, 1.82) is 0 Å². The fourth-order valence-electron chi connectivity index (χ4n) is 1.52. The van der Waals surface area contributed by atoms with E-state index in [1.807, 2.05) is 0 Å². The third-order valence-corrected chi connectivity index (χ3v) is 2.03. The fraction of sp³-hybridized carbons (Fsp3) is 0.889. The summed E-state index contributed by atoms with van der Waals surface area (Å²) in [5.41, 5.74) is 1.46. The van der Waals surface area contributed by atoms with E-state index < -0.39 is 0 Å². The minimum Gasteiger partial charge on any atom is -0.291 e. The van der Waals surface area contributed by atoms with Crippen LogP contribution in [0.1, 0.15) is 46.0 Å². The van der Waals surface area contributed by atoms with Crippen molar-refractivity contribution in [3.63, 3.8) is 0 Å². The van der Waals surface area contributed by atoms with Gasteiger partial charge >= 0.3 is 0 Å². The molecule has 0 aliphatic carbocycles. The first-order valence-corrected chi connectivity index (χ1v) is 4.38. The van der Waals surface area contributed by atoms with E-state index in [0.717, 1.165) is 0 Å². The Morgan fingerprint density at radius 1 is 1.60 bits per heavy atom. The van der Waals surface area contributed by atoms with E-state index >= 15 is 0 Å². The van der Waals surface area contributed by atoms with Gasteiger partial charge in [0.25, 0.3) is 0 Å². The van der Waals surface area contributed by atoms with Crippen molar-refractivity contribution in [2.24, 2.45) is 4.99 Å². The van der Waals surface area contributed by atoms with Crippen molar-refractivity contribution in [2.45, 2.75) is 52.0 Å². The molecule has 0 aromatic carbocycles. The smallest absolute Gasteiger partial charge is 0.0470 e. The number of rotatable bonds is 2. The van der Waals surface area contributed by atoms with Crippen molar-refractivity contribution in [2.75, 3.05) is 0 Å². The summed E-state index contributed by atoms with van der Waals surface area (Å²) in [5.74, 6) is 0. The molecule has 0 spiro atoms. The molecule has 1 atom stereocenters. The topological polar surface area (TPSA) is 12.4 Å². The first kappa shape index (κ1) is 7.77. The molecule has 0 unspecified atom stereocenters. The molecule has 0 saturated carbocycles. The van der Waals surface area contributed by atoms with Crippen LogP contribution < -0.4 is 0 Å². The molecule has 1 heteroatoms. The van der Waals surface area contributed by atoms with Crippen molar-refractivity contribution >= 4 is 5.71 Å². The third-order valence-electron chi connectivity index (χ3n) is 2.03. The predicted molar refractivity (Wildman–Crippen MR) is 45.7 cm³/mol.